The summed E-state index contributed by atoms with van der Waals surface area (Å²) in [5.41, 5.74) is 2.72. The molecule has 0 spiro atoms. The van der Waals surface area contributed by atoms with Crippen LogP contribution in [0.4, 0.5) is 15.8 Å². The van der Waals surface area contributed by atoms with Crippen molar-refractivity contribution in [2.45, 2.75) is 19.3 Å². The Hall–Kier alpha value is -2.87. The van der Waals surface area contributed by atoms with Crippen molar-refractivity contribution in [1.82, 2.24) is 0 Å². The Bertz CT molecular complexity index is 933. The Labute approximate surface area is 178 Å². The summed E-state index contributed by atoms with van der Waals surface area (Å²) in [5, 5.41) is 2.88. The van der Waals surface area contributed by atoms with Crippen LogP contribution in [0.15, 0.2) is 42.5 Å². The lowest BCUT2D eigenvalue weighted by atomic mass is 9.99. The Balaban J connectivity index is 1.69. The molecule has 0 atom stereocenters. The third kappa shape index (κ3) is 5.38. The number of nitrogens with zero attached hydrogens (tertiary/aromatic N) is 1. The Morgan fingerprint density at radius 2 is 1.93 bits per heavy atom. The first kappa shape index (κ1) is 21.8. The van der Waals surface area contributed by atoms with Crippen molar-refractivity contribution in [1.29, 1.82) is 0 Å². The molecule has 0 bridgehead atoms. The van der Waals surface area contributed by atoms with Gasteiger partial charge in [-0.25, -0.2) is 4.39 Å². The molecule has 1 N–H and O–H groups in total. The first-order valence-corrected chi connectivity index (χ1v) is 10.8. The van der Waals surface area contributed by atoms with Gasteiger partial charge in [0.05, 0.1) is 12.9 Å². The highest BCUT2D eigenvalue weighted by molar-refractivity contribution is 7.99. The standard InChI is InChI=1S/C22H23FN2O4S/c1-29-21(27)14-30-13-11-20(26)25-12-3-4-17-18(5-2-6-19(17)25)24-22(28)15-7-9-16(23)10-8-15/h2,5-10H,3-4,11-14H2,1H3,(H,24,28). The second kappa shape index (κ2) is 10.2. The number of hydrogen-bond donors (Lipinski definition) is 1. The molecule has 1 aliphatic heterocycles. The molecular weight excluding hydrogens is 407 g/mol. The van der Waals surface area contributed by atoms with Crippen LogP contribution in [0.5, 0.6) is 0 Å². The molecule has 0 aromatic heterocycles. The third-order valence-electron chi connectivity index (χ3n) is 4.81. The van der Waals surface area contributed by atoms with Crippen LogP contribution in [0.3, 0.4) is 0 Å². The van der Waals surface area contributed by atoms with E-state index in [1.807, 2.05) is 6.07 Å². The van der Waals surface area contributed by atoms with Crippen molar-refractivity contribution in [2.24, 2.45) is 0 Å². The maximum atomic E-state index is 13.1. The molecule has 2 amide bonds. The van der Waals surface area contributed by atoms with Crippen molar-refractivity contribution in [3.05, 3.63) is 59.4 Å². The Morgan fingerprint density at radius 1 is 1.17 bits per heavy atom. The van der Waals surface area contributed by atoms with Gasteiger partial charge in [-0.15, -0.1) is 11.8 Å². The number of ether oxygens (including phenoxy) is 1. The normalized spacial score (nSPS) is 12.8. The van der Waals surface area contributed by atoms with Gasteiger partial charge >= 0.3 is 5.97 Å². The molecule has 158 valence electrons. The van der Waals surface area contributed by atoms with Gasteiger partial charge in [0.25, 0.3) is 5.91 Å². The summed E-state index contributed by atoms with van der Waals surface area (Å²) in [6.45, 7) is 0.614. The molecule has 30 heavy (non-hydrogen) atoms. The fraction of sp³-hybridized carbons (Fsp3) is 0.318. The summed E-state index contributed by atoms with van der Waals surface area (Å²) in [4.78, 5) is 38.2. The molecule has 0 fully saturated rings. The quantitative estimate of drug-likeness (QED) is 0.536. The summed E-state index contributed by atoms with van der Waals surface area (Å²) in [6, 6.07) is 10.8. The number of nitrogens with one attached hydrogen (secondary N) is 1. The molecule has 8 heteroatoms. The fourth-order valence-corrected chi connectivity index (χ4v) is 4.05. The molecule has 3 rings (SSSR count). The fourth-order valence-electron chi connectivity index (χ4n) is 3.31. The topological polar surface area (TPSA) is 75.7 Å². The second-order valence-corrected chi connectivity index (χ2v) is 7.90. The average Bonchev–Trinajstić information content (AvgIpc) is 2.76. The molecule has 0 aliphatic carbocycles. The van der Waals surface area contributed by atoms with Gasteiger partial charge < -0.3 is 15.0 Å². The first-order chi connectivity index (χ1) is 14.5. The molecule has 0 saturated carbocycles. The van der Waals surface area contributed by atoms with Crippen LogP contribution >= 0.6 is 11.8 Å². The molecule has 1 heterocycles. The highest BCUT2D eigenvalue weighted by Gasteiger charge is 2.24. The minimum absolute atomic E-state index is 0.0182. The minimum Gasteiger partial charge on any atom is -0.468 e. The zero-order valence-electron chi connectivity index (χ0n) is 16.7. The zero-order valence-corrected chi connectivity index (χ0v) is 17.5. The summed E-state index contributed by atoms with van der Waals surface area (Å²) in [7, 11) is 1.34. The number of amides is 2. The lowest BCUT2D eigenvalue weighted by Gasteiger charge is -2.31. The minimum atomic E-state index is -0.400. The third-order valence-corrected chi connectivity index (χ3v) is 5.75. The number of benzene rings is 2. The summed E-state index contributed by atoms with van der Waals surface area (Å²) >= 11 is 1.36. The van der Waals surface area contributed by atoms with E-state index in [9.17, 15) is 18.8 Å². The van der Waals surface area contributed by atoms with E-state index in [-0.39, 0.29) is 23.5 Å². The molecule has 0 unspecified atom stereocenters. The van der Waals surface area contributed by atoms with Crippen molar-refractivity contribution < 1.29 is 23.5 Å². The first-order valence-electron chi connectivity index (χ1n) is 9.63. The highest BCUT2D eigenvalue weighted by Crippen LogP contribution is 2.33. The number of hydrogen-bond acceptors (Lipinski definition) is 5. The van der Waals surface area contributed by atoms with E-state index in [0.717, 1.165) is 24.1 Å². The number of esters is 1. The number of anilines is 2. The Kier molecular flexibility index (Phi) is 7.46. The zero-order chi connectivity index (χ0) is 21.5. The SMILES string of the molecule is COC(=O)CSCCC(=O)N1CCCc2c(NC(=O)c3ccc(F)cc3)cccc21. The highest BCUT2D eigenvalue weighted by atomic mass is 32.2. The van der Waals surface area contributed by atoms with Crippen molar-refractivity contribution in [3.63, 3.8) is 0 Å². The molecule has 2 aromatic rings. The van der Waals surface area contributed by atoms with Crippen molar-refractivity contribution in [3.8, 4) is 0 Å². The maximum Gasteiger partial charge on any atom is 0.315 e. The van der Waals surface area contributed by atoms with Gasteiger partial charge in [0.2, 0.25) is 5.91 Å². The van der Waals surface area contributed by atoms with Crippen LogP contribution in [0.1, 0.15) is 28.8 Å². The van der Waals surface area contributed by atoms with E-state index in [0.29, 0.717) is 30.0 Å². The largest absolute Gasteiger partial charge is 0.468 e. The van der Waals surface area contributed by atoms with Gasteiger partial charge in [-0.2, -0.15) is 0 Å². The Morgan fingerprint density at radius 3 is 2.67 bits per heavy atom. The van der Waals surface area contributed by atoms with Crippen LogP contribution in [-0.4, -0.2) is 42.9 Å². The van der Waals surface area contributed by atoms with Crippen LogP contribution in [0, 0.1) is 5.82 Å². The molecular formula is C22H23FN2O4S. The van der Waals surface area contributed by atoms with Gasteiger partial charge in [-0.3, -0.25) is 14.4 Å². The van der Waals surface area contributed by atoms with E-state index >= 15 is 0 Å². The predicted octanol–water partition coefficient (Wildman–Crippen LogP) is 3.65. The smallest absolute Gasteiger partial charge is 0.315 e. The number of halogens is 1. The summed E-state index contributed by atoms with van der Waals surface area (Å²) < 4.78 is 17.7. The van der Waals surface area contributed by atoms with Gasteiger partial charge in [0, 0.05) is 35.7 Å². The van der Waals surface area contributed by atoms with E-state index in [1.54, 1.807) is 17.0 Å². The van der Waals surface area contributed by atoms with Crippen LogP contribution in [-0.2, 0) is 20.7 Å². The number of thioether (sulfide) groups is 1. The number of carbonyl (C=O) groups excluding carboxylic acids is 3. The van der Waals surface area contributed by atoms with Crippen molar-refractivity contribution >= 4 is 40.9 Å². The van der Waals surface area contributed by atoms with E-state index in [4.69, 9.17) is 0 Å². The molecule has 2 aromatic carbocycles. The van der Waals surface area contributed by atoms with Gasteiger partial charge in [-0.1, -0.05) is 6.07 Å². The lowest BCUT2D eigenvalue weighted by Crippen LogP contribution is -2.36. The van der Waals surface area contributed by atoms with Crippen LogP contribution < -0.4 is 10.2 Å². The molecule has 0 saturated heterocycles. The monoisotopic (exact) mass is 430 g/mol. The predicted molar refractivity (Wildman–Crippen MR) is 115 cm³/mol. The lowest BCUT2D eigenvalue weighted by molar-refractivity contribution is -0.137. The number of fused-ring (bicyclic) bond motifs is 1. The molecule has 0 radical (unpaired) electrons. The van der Waals surface area contributed by atoms with E-state index in [2.05, 4.69) is 10.1 Å². The van der Waals surface area contributed by atoms with Gasteiger partial charge in [0.15, 0.2) is 0 Å². The summed E-state index contributed by atoms with van der Waals surface area (Å²) in [5.74, 6) is -0.304. The number of methoxy groups -OCH3 is 1. The summed E-state index contributed by atoms with van der Waals surface area (Å²) in [6.07, 6.45) is 1.85. The second-order valence-electron chi connectivity index (χ2n) is 6.79. The maximum absolute atomic E-state index is 13.1. The van der Waals surface area contributed by atoms with Crippen LogP contribution in [0.2, 0.25) is 0 Å². The van der Waals surface area contributed by atoms with Gasteiger partial charge in [-0.05, 0) is 54.8 Å². The van der Waals surface area contributed by atoms with Crippen molar-refractivity contribution in [2.75, 3.05) is 35.4 Å². The van der Waals surface area contributed by atoms with Gasteiger partial charge in [0.1, 0.15) is 5.82 Å². The van der Waals surface area contributed by atoms with E-state index < -0.39 is 5.82 Å². The van der Waals surface area contributed by atoms with Crippen LogP contribution in [0.25, 0.3) is 0 Å². The molecule has 1 aliphatic rings. The average molecular weight is 431 g/mol. The van der Waals surface area contributed by atoms with E-state index in [1.165, 1.54) is 43.1 Å². The number of carbonyl (C=O) groups is 3. The molecule has 6 nitrogen and oxygen atoms in total. The number of rotatable bonds is 7.